The second-order valence-corrected chi connectivity index (χ2v) is 10.5. The van der Waals surface area contributed by atoms with E-state index in [0.29, 0.717) is 10.6 Å². The maximum Gasteiger partial charge on any atom is 0.281 e. The summed E-state index contributed by atoms with van der Waals surface area (Å²) in [6.45, 7) is 4.29. The maximum atomic E-state index is 13.2. The van der Waals surface area contributed by atoms with Crippen LogP contribution in [0.4, 0.5) is 5.69 Å². The number of anilines is 1. The van der Waals surface area contributed by atoms with Crippen LogP contribution in [-0.4, -0.2) is 26.0 Å². The molecule has 1 amide bonds. The minimum absolute atomic E-state index is 0.0413. The van der Waals surface area contributed by atoms with Crippen molar-refractivity contribution in [1.82, 2.24) is 4.57 Å². The second kappa shape index (κ2) is 9.78. The van der Waals surface area contributed by atoms with Crippen LogP contribution in [0.2, 0.25) is 0 Å². The zero-order chi connectivity index (χ0) is 25.2. The van der Waals surface area contributed by atoms with Gasteiger partial charge in [0.05, 0.1) is 40.0 Å². The first-order valence-electron chi connectivity index (χ1n) is 10.6. The second-order valence-electron chi connectivity index (χ2n) is 7.82. The van der Waals surface area contributed by atoms with E-state index in [1.54, 1.807) is 24.3 Å². The summed E-state index contributed by atoms with van der Waals surface area (Å²) in [6.07, 6.45) is 5.58. The highest BCUT2D eigenvalue weighted by Crippen LogP contribution is 2.24. The normalized spacial score (nSPS) is 11.9. The van der Waals surface area contributed by atoms with Gasteiger partial charge in [-0.25, -0.2) is 8.42 Å². The zero-order valence-corrected chi connectivity index (χ0v) is 21.0. The largest absolute Gasteiger partial charge is 0.497 e. The van der Waals surface area contributed by atoms with Crippen LogP contribution in [0, 0.1) is 26.2 Å². The maximum absolute atomic E-state index is 13.2. The molecule has 0 bridgehead atoms. The fraction of sp³-hybridized carbons (Fsp3) is 0.154. The van der Waals surface area contributed by atoms with E-state index in [-0.39, 0.29) is 22.7 Å². The fourth-order valence-electron chi connectivity index (χ4n) is 3.52. The summed E-state index contributed by atoms with van der Waals surface area (Å²) in [4.78, 5) is 18.0. The number of methoxy groups -OCH3 is 1. The highest BCUT2D eigenvalue weighted by molar-refractivity contribution is 7.92. The van der Waals surface area contributed by atoms with Gasteiger partial charge in [-0.15, -0.1) is 6.42 Å². The van der Waals surface area contributed by atoms with Crippen molar-refractivity contribution in [3.05, 3.63) is 82.2 Å². The Balaban J connectivity index is 1.75. The van der Waals surface area contributed by atoms with Crippen molar-refractivity contribution in [2.45, 2.75) is 25.3 Å². The number of carbonyl (C=O) groups excluding carboxylic acids is 1. The number of nitrogens with zero attached hydrogens (tertiary/aromatic N) is 2. The Hall–Kier alpha value is -3.87. The Morgan fingerprint density at radius 3 is 2.49 bits per heavy atom. The number of ether oxygens (including phenoxy) is 1. The Kier molecular flexibility index (Phi) is 6.78. The molecule has 0 unspecified atom stereocenters. The molecule has 0 radical (unpaired) electrons. The van der Waals surface area contributed by atoms with Crippen LogP contribution in [0.1, 0.15) is 21.5 Å². The van der Waals surface area contributed by atoms with Gasteiger partial charge in [-0.2, -0.15) is 4.99 Å². The first-order valence-corrected chi connectivity index (χ1v) is 12.9. The number of fused-ring (bicyclic) bond motifs is 1. The number of benzene rings is 3. The SMILES string of the molecule is C#CCn1c(=NC(=O)c2ccccc2NS(=O)(=O)c2ccc(OC)cc2)sc2cc(C)c(C)cc21. The van der Waals surface area contributed by atoms with Crippen LogP contribution in [0.25, 0.3) is 10.2 Å². The average molecular weight is 506 g/mol. The summed E-state index contributed by atoms with van der Waals surface area (Å²) < 4.78 is 36.2. The number of sulfonamides is 1. The summed E-state index contributed by atoms with van der Waals surface area (Å²) in [5, 5.41) is 0. The molecule has 178 valence electrons. The molecule has 35 heavy (non-hydrogen) atoms. The van der Waals surface area contributed by atoms with Crippen molar-refractivity contribution in [3.63, 3.8) is 0 Å². The van der Waals surface area contributed by atoms with Gasteiger partial charge in [0.1, 0.15) is 5.75 Å². The van der Waals surface area contributed by atoms with Crippen LogP contribution in [0.15, 0.2) is 70.6 Å². The van der Waals surface area contributed by atoms with E-state index in [2.05, 4.69) is 15.6 Å². The number of nitrogens with one attached hydrogen (secondary N) is 1. The lowest BCUT2D eigenvalue weighted by atomic mass is 10.1. The van der Waals surface area contributed by atoms with Crippen LogP contribution in [0.3, 0.4) is 0 Å². The van der Waals surface area contributed by atoms with Crippen molar-refractivity contribution < 1.29 is 17.9 Å². The molecule has 4 aromatic rings. The van der Waals surface area contributed by atoms with Crippen LogP contribution < -0.4 is 14.3 Å². The molecule has 0 aliphatic carbocycles. The van der Waals surface area contributed by atoms with E-state index in [1.165, 1.54) is 42.7 Å². The van der Waals surface area contributed by atoms with Gasteiger partial charge in [-0.05, 0) is 73.5 Å². The summed E-state index contributed by atoms with van der Waals surface area (Å²) in [5.41, 5.74) is 3.39. The molecule has 3 aromatic carbocycles. The van der Waals surface area contributed by atoms with Gasteiger partial charge in [-0.3, -0.25) is 9.52 Å². The molecule has 1 N–H and O–H groups in total. The highest BCUT2D eigenvalue weighted by atomic mass is 32.2. The number of aryl methyl sites for hydroxylation is 2. The molecule has 0 saturated heterocycles. The minimum Gasteiger partial charge on any atom is -0.497 e. The Morgan fingerprint density at radius 2 is 1.80 bits per heavy atom. The number of terminal acetylenes is 1. The van der Waals surface area contributed by atoms with Crippen LogP contribution in [-0.2, 0) is 16.6 Å². The number of thiazole rings is 1. The number of para-hydroxylation sites is 1. The third-order valence-electron chi connectivity index (χ3n) is 5.52. The molecule has 0 spiro atoms. The van der Waals surface area contributed by atoms with Gasteiger partial charge in [0, 0.05) is 0 Å². The minimum atomic E-state index is -3.94. The molecule has 0 aliphatic heterocycles. The number of hydrogen-bond donors (Lipinski definition) is 1. The number of carbonyl (C=O) groups is 1. The summed E-state index contributed by atoms with van der Waals surface area (Å²) in [7, 11) is -2.44. The molecule has 0 atom stereocenters. The molecule has 0 fully saturated rings. The monoisotopic (exact) mass is 505 g/mol. The topological polar surface area (TPSA) is 89.8 Å². The number of rotatable bonds is 6. The summed E-state index contributed by atoms with van der Waals surface area (Å²) >= 11 is 1.36. The fourth-order valence-corrected chi connectivity index (χ4v) is 5.70. The van der Waals surface area contributed by atoms with E-state index < -0.39 is 15.9 Å². The van der Waals surface area contributed by atoms with Crippen LogP contribution in [0.5, 0.6) is 5.75 Å². The zero-order valence-electron chi connectivity index (χ0n) is 19.4. The van der Waals surface area contributed by atoms with E-state index in [1.807, 2.05) is 30.5 Å². The van der Waals surface area contributed by atoms with Gasteiger partial charge >= 0.3 is 0 Å². The van der Waals surface area contributed by atoms with Gasteiger partial charge in [-0.1, -0.05) is 29.4 Å². The Bertz CT molecular complexity index is 1640. The van der Waals surface area contributed by atoms with E-state index in [9.17, 15) is 13.2 Å². The van der Waals surface area contributed by atoms with Gasteiger partial charge in [0.25, 0.3) is 15.9 Å². The molecule has 1 heterocycles. The Labute approximate surface area is 207 Å². The molecule has 7 nitrogen and oxygen atoms in total. The summed E-state index contributed by atoms with van der Waals surface area (Å²) in [5.74, 6) is 2.57. The molecular weight excluding hydrogens is 482 g/mol. The molecular formula is C26H23N3O4S2. The van der Waals surface area contributed by atoms with Crippen molar-refractivity contribution >= 4 is 43.2 Å². The van der Waals surface area contributed by atoms with Gasteiger partial charge in [0.2, 0.25) is 0 Å². The summed E-state index contributed by atoms with van der Waals surface area (Å²) in [6, 6.07) is 16.4. The first kappa shape index (κ1) is 24.3. The predicted octanol–water partition coefficient (Wildman–Crippen LogP) is 4.50. The van der Waals surface area contributed by atoms with Crippen molar-refractivity contribution in [1.29, 1.82) is 0 Å². The Morgan fingerprint density at radius 1 is 1.11 bits per heavy atom. The van der Waals surface area contributed by atoms with Crippen molar-refractivity contribution in [3.8, 4) is 18.1 Å². The smallest absolute Gasteiger partial charge is 0.281 e. The van der Waals surface area contributed by atoms with E-state index >= 15 is 0 Å². The number of amides is 1. The predicted molar refractivity (Wildman–Crippen MR) is 138 cm³/mol. The average Bonchev–Trinajstić information content (AvgIpc) is 3.15. The van der Waals surface area contributed by atoms with Crippen LogP contribution >= 0.6 is 11.3 Å². The number of aromatic nitrogens is 1. The highest BCUT2D eigenvalue weighted by Gasteiger charge is 2.19. The first-order chi connectivity index (χ1) is 16.7. The van der Waals surface area contributed by atoms with Crippen molar-refractivity contribution in [2.24, 2.45) is 4.99 Å². The number of hydrogen-bond acceptors (Lipinski definition) is 5. The van der Waals surface area contributed by atoms with Gasteiger partial charge in [0.15, 0.2) is 4.80 Å². The van der Waals surface area contributed by atoms with Gasteiger partial charge < -0.3 is 9.30 Å². The third-order valence-corrected chi connectivity index (χ3v) is 7.94. The van der Waals surface area contributed by atoms with Crippen molar-refractivity contribution in [2.75, 3.05) is 11.8 Å². The lowest BCUT2D eigenvalue weighted by molar-refractivity contribution is 0.0998. The van der Waals surface area contributed by atoms with E-state index in [0.717, 1.165) is 21.3 Å². The molecule has 9 heteroatoms. The molecule has 1 aromatic heterocycles. The standard InChI is InChI=1S/C26H23N3O4S2/c1-5-14-29-23-15-17(2)18(3)16-24(23)34-26(29)27-25(30)21-8-6-7-9-22(21)28-35(31,32)20-12-10-19(33-4)11-13-20/h1,6-13,15-16,28H,14H2,2-4H3. The lowest BCUT2D eigenvalue weighted by Crippen LogP contribution is -2.18. The quantitative estimate of drug-likeness (QED) is 0.391. The molecule has 4 rings (SSSR count). The molecule has 0 aliphatic rings. The third kappa shape index (κ3) is 4.99. The van der Waals surface area contributed by atoms with E-state index in [4.69, 9.17) is 11.2 Å². The lowest BCUT2D eigenvalue weighted by Gasteiger charge is -2.11. The molecule has 0 saturated carbocycles.